The summed E-state index contributed by atoms with van der Waals surface area (Å²) in [5, 5.41) is 0. The Morgan fingerprint density at radius 1 is 1.00 bits per heavy atom. The predicted molar refractivity (Wildman–Crippen MR) is 115 cm³/mol. The zero-order valence-electron chi connectivity index (χ0n) is 19.3. The number of rotatable bonds is 7. The van der Waals surface area contributed by atoms with Crippen molar-refractivity contribution in [1.82, 2.24) is 4.90 Å². The molecule has 3 rings (SSSR count). The number of amides is 1. The van der Waals surface area contributed by atoms with Crippen molar-refractivity contribution in [2.24, 2.45) is 0 Å². The van der Waals surface area contributed by atoms with E-state index in [9.17, 15) is 35.9 Å². The fourth-order valence-electron chi connectivity index (χ4n) is 4.10. The molecule has 1 heterocycles. The number of hydrogen-bond acceptors (Lipinski definition) is 5. The molecule has 0 spiro atoms. The van der Waals surface area contributed by atoms with Crippen molar-refractivity contribution >= 4 is 12.4 Å². The van der Waals surface area contributed by atoms with Crippen LogP contribution in [0.15, 0.2) is 30.3 Å². The molecule has 1 aliphatic heterocycles. The van der Waals surface area contributed by atoms with E-state index in [2.05, 4.69) is 0 Å². The van der Waals surface area contributed by atoms with Crippen LogP contribution in [0.5, 0.6) is 11.5 Å². The molecule has 36 heavy (non-hydrogen) atoms. The minimum Gasteiger partial charge on any atom is -0.497 e. The summed E-state index contributed by atoms with van der Waals surface area (Å²) >= 11 is 0. The van der Waals surface area contributed by atoms with E-state index in [0.717, 1.165) is 4.90 Å². The quantitative estimate of drug-likeness (QED) is 0.376. The Morgan fingerprint density at radius 2 is 1.67 bits per heavy atom. The smallest absolute Gasteiger partial charge is 0.416 e. The minimum absolute atomic E-state index is 0.000232. The Morgan fingerprint density at radius 3 is 2.19 bits per heavy atom. The fourth-order valence-corrected chi connectivity index (χ4v) is 4.10. The highest BCUT2D eigenvalue weighted by molar-refractivity contribution is 5.96. The minimum atomic E-state index is -5.17. The van der Waals surface area contributed by atoms with Crippen molar-refractivity contribution in [2.75, 3.05) is 27.3 Å². The zero-order chi connectivity index (χ0) is 26.7. The van der Waals surface area contributed by atoms with E-state index >= 15 is 0 Å². The predicted octanol–water partition coefficient (Wildman–Crippen LogP) is 5.11. The topological polar surface area (TPSA) is 65.1 Å². The highest BCUT2D eigenvalue weighted by atomic mass is 19.4. The zero-order valence-corrected chi connectivity index (χ0v) is 19.3. The van der Waals surface area contributed by atoms with Gasteiger partial charge in [0.15, 0.2) is 0 Å². The summed E-state index contributed by atoms with van der Waals surface area (Å²) in [4.78, 5) is 25.0. The SMILES string of the molecule is COc1ccc(Cc2c(C(=O)N3CCC(OC=O)CC3)cc(C(F)(F)F)cc2C(F)(F)F)c(OC)c1. The molecule has 1 amide bonds. The van der Waals surface area contributed by atoms with Gasteiger partial charge in [-0.05, 0) is 29.3 Å². The van der Waals surface area contributed by atoms with Gasteiger partial charge < -0.3 is 19.1 Å². The maximum Gasteiger partial charge on any atom is 0.416 e. The van der Waals surface area contributed by atoms with Gasteiger partial charge in [0.2, 0.25) is 0 Å². The van der Waals surface area contributed by atoms with E-state index in [0.29, 0.717) is 11.8 Å². The number of hydrogen-bond donors (Lipinski definition) is 0. The highest BCUT2D eigenvalue weighted by Gasteiger charge is 2.41. The summed E-state index contributed by atoms with van der Waals surface area (Å²) in [5.41, 5.74) is -4.23. The van der Waals surface area contributed by atoms with Gasteiger partial charge in [-0.2, -0.15) is 26.3 Å². The molecule has 0 atom stereocenters. The molecule has 2 aromatic rings. The van der Waals surface area contributed by atoms with Gasteiger partial charge in [0.1, 0.15) is 17.6 Å². The van der Waals surface area contributed by atoms with Crippen LogP contribution < -0.4 is 9.47 Å². The van der Waals surface area contributed by atoms with Gasteiger partial charge in [0.05, 0.1) is 25.3 Å². The lowest BCUT2D eigenvalue weighted by Gasteiger charge is -2.32. The first-order valence-electron chi connectivity index (χ1n) is 10.8. The third kappa shape index (κ3) is 6.03. The van der Waals surface area contributed by atoms with Gasteiger partial charge in [0, 0.05) is 44.0 Å². The second-order valence-electron chi connectivity index (χ2n) is 8.12. The van der Waals surface area contributed by atoms with Crippen molar-refractivity contribution in [2.45, 2.75) is 37.7 Å². The van der Waals surface area contributed by atoms with Crippen LogP contribution in [0.25, 0.3) is 0 Å². The van der Waals surface area contributed by atoms with E-state index in [4.69, 9.17) is 14.2 Å². The fraction of sp³-hybridized carbons (Fsp3) is 0.417. The van der Waals surface area contributed by atoms with Crippen molar-refractivity contribution < 1.29 is 50.1 Å². The molecule has 1 saturated heterocycles. The highest BCUT2D eigenvalue weighted by Crippen LogP contribution is 2.41. The van der Waals surface area contributed by atoms with E-state index in [1.54, 1.807) is 0 Å². The number of alkyl halides is 6. The van der Waals surface area contributed by atoms with E-state index < -0.39 is 53.0 Å². The van der Waals surface area contributed by atoms with Crippen LogP contribution in [-0.2, 0) is 28.3 Å². The number of nitrogens with zero attached hydrogens (tertiary/aromatic N) is 1. The average molecular weight is 519 g/mol. The number of ether oxygens (including phenoxy) is 3. The van der Waals surface area contributed by atoms with Crippen LogP contribution in [0.3, 0.4) is 0 Å². The van der Waals surface area contributed by atoms with Gasteiger partial charge in [-0.1, -0.05) is 6.07 Å². The van der Waals surface area contributed by atoms with E-state index in [1.807, 2.05) is 0 Å². The number of likely N-dealkylation sites (tertiary alicyclic amines) is 1. The average Bonchev–Trinajstić information content (AvgIpc) is 2.83. The van der Waals surface area contributed by atoms with Gasteiger partial charge >= 0.3 is 12.4 Å². The van der Waals surface area contributed by atoms with Crippen molar-refractivity contribution in [3.8, 4) is 11.5 Å². The van der Waals surface area contributed by atoms with Gasteiger partial charge in [0.25, 0.3) is 12.4 Å². The number of methoxy groups -OCH3 is 2. The van der Waals surface area contributed by atoms with E-state index in [-0.39, 0.29) is 49.8 Å². The van der Waals surface area contributed by atoms with Crippen LogP contribution in [0.4, 0.5) is 26.3 Å². The molecule has 0 bridgehead atoms. The monoisotopic (exact) mass is 519 g/mol. The Labute approximate surface area is 202 Å². The van der Waals surface area contributed by atoms with Crippen LogP contribution in [-0.4, -0.2) is 50.7 Å². The summed E-state index contributed by atoms with van der Waals surface area (Å²) in [6.07, 6.45) is -10.9. The van der Waals surface area contributed by atoms with E-state index in [1.165, 1.54) is 32.4 Å². The van der Waals surface area contributed by atoms with Crippen molar-refractivity contribution in [1.29, 1.82) is 0 Å². The molecule has 0 aliphatic carbocycles. The molecule has 0 radical (unpaired) electrons. The Balaban J connectivity index is 2.15. The molecule has 0 unspecified atom stereocenters. The first kappa shape index (κ1) is 27.2. The second-order valence-corrected chi connectivity index (χ2v) is 8.12. The Hall–Kier alpha value is -3.44. The number of piperidine rings is 1. The first-order valence-corrected chi connectivity index (χ1v) is 10.8. The molecule has 6 nitrogen and oxygen atoms in total. The maximum absolute atomic E-state index is 14.0. The summed E-state index contributed by atoms with van der Waals surface area (Å²) in [6, 6.07) is 4.79. The van der Waals surface area contributed by atoms with Crippen molar-refractivity contribution in [3.63, 3.8) is 0 Å². The molecule has 1 aliphatic rings. The molecule has 0 N–H and O–H groups in total. The molecule has 1 fully saturated rings. The third-order valence-corrected chi connectivity index (χ3v) is 5.95. The molecule has 0 aromatic heterocycles. The standard InChI is InChI=1S/C24H23F6NO5/c1-34-17-4-3-14(21(12-17)35-2)9-18-19(22(33)31-7-5-16(6-8-31)36-13-32)10-15(23(25,26)27)11-20(18)24(28,29)30/h3-4,10-13,16H,5-9H2,1-2H3. The van der Waals surface area contributed by atoms with Gasteiger partial charge in [-0.3, -0.25) is 9.59 Å². The molecular formula is C24H23F6NO5. The number of halogens is 6. The van der Waals surface area contributed by atoms with Gasteiger partial charge in [-0.25, -0.2) is 0 Å². The summed E-state index contributed by atoms with van der Waals surface area (Å²) < 4.78 is 98.0. The summed E-state index contributed by atoms with van der Waals surface area (Å²) in [6.45, 7) is 0.255. The lowest BCUT2D eigenvalue weighted by Crippen LogP contribution is -2.41. The molecule has 196 valence electrons. The number of benzene rings is 2. The van der Waals surface area contributed by atoms with Crippen LogP contribution in [0, 0.1) is 0 Å². The van der Waals surface area contributed by atoms with Crippen molar-refractivity contribution in [3.05, 3.63) is 58.1 Å². The molecule has 0 saturated carbocycles. The van der Waals surface area contributed by atoms with Gasteiger partial charge in [-0.15, -0.1) is 0 Å². The first-order chi connectivity index (χ1) is 16.9. The largest absolute Gasteiger partial charge is 0.497 e. The summed E-state index contributed by atoms with van der Waals surface area (Å²) in [7, 11) is 2.67. The third-order valence-electron chi connectivity index (χ3n) is 5.95. The van der Waals surface area contributed by atoms with Crippen LogP contribution >= 0.6 is 0 Å². The molecule has 12 heteroatoms. The Kier molecular flexibility index (Phi) is 8.05. The lowest BCUT2D eigenvalue weighted by molar-refractivity contribution is -0.143. The molecule has 2 aromatic carbocycles. The van der Waals surface area contributed by atoms with Crippen LogP contribution in [0.2, 0.25) is 0 Å². The number of carbonyl (C=O) groups excluding carboxylic acids is 2. The maximum atomic E-state index is 14.0. The normalized spacial score (nSPS) is 14.9. The summed E-state index contributed by atoms with van der Waals surface area (Å²) in [5.74, 6) is -0.470. The lowest BCUT2D eigenvalue weighted by atomic mass is 9.90. The molecular weight excluding hydrogens is 496 g/mol. The second kappa shape index (κ2) is 10.7. The number of carbonyl (C=O) groups is 2. The Bertz CT molecular complexity index is 1110. The van der Waals surface area contributed by atoms with Crippen LogP contribution in [0.1, 0.15) is 45.5 Å².